The summed E-state index contributed by atoms with van der Waals surface area (Å²) in [7, 11) is 0. The average Bonchev–Trinajstić information content (AvgIpc) is 3.01. The van der Waals surface area contributed by atoms with E-state index in [1.165, 1.54) is 93.8 Å². The lowest BCUT2D eigenvalue weighted by molar-refractivity contribution is 0.441. The third kappa shape index (κ3) is 40.9. The first-order chi connectivity index (χ1) is 19.7. The molecule has 0 aromatic rings. The van der Waals surface area contributed by atoms with Gasteiger partial charge in [-0.2, -0.15) is 0 Å². The molecule has 1 unspecified atom stereocenters. The molecule has 0 saturated heterocycles. The van der Waals surface area contributed by atoms with Crippen molar-refractivity contribution in [1.82, 2.24) is 0 Å². The fourth-order valence-electron chi connectivity index (χ4n) is 4.08. The maximum absolute atomic E-state index is 4.37. The quantitative estimate of drug-likeness (QED) is 0.0814. The molecule has 0 amide bonds. The minimum absolute atomic E-state index is 0.272. The summed E-state index contributed by atoms with van der Waals surface area (Å²) in [6.07, 6.45) is 26.8. The highest BCUT2D eigenvalue weighted by atomic mass is 14.2. The molecule has 0 bridgehead atoms. The molecule has 0 nitrogen and oxygen atoms in total. The van der Waals surface area contributed by atoms with Crippen molar-refractivity contribution in [3.63, 3.8) is 0 Å². The average molecular weight is 577 g/mol. The van der Waals surface area contributed by atoms with Crippen LogP contribution in [0.5, 0.6) is 0 Å². The van der Waals surface area contributed by atoms with Gasteiger partial charge < -0.3 is 0 Å². The van der Waals surface area contributed by atoms with Crippen molar-refractivity contribution in [1.29, 1.82) is 0 Å². The number of unbranched alkanes of at least 4 members (excludes halogenated alkanes) is 8. The molecule has 0 aliphatic carbocycles. The van der Waals surface area contributed by atoms with E-state index in [0.29, 0.717) is 5.92 Å². The van der Waals surface area contributed by atoms with Crippen LogP contribution < -0.4 is 0 Å². The van der Waals surface area contributed by atoms with Gasteiger partial charge in [0.15, 0.2) is 0 Å². The maximum atomic E-state index is 4.37. The van der Waals surface area contributed by atoms with E-state index in [1.807, 2.05) is 61.5 Å². The van der Waals surface area contributed by atoms with Gasteiger partial charge in [0.25, 0.3) is 0 Å². The van der Waals surface area contributed by atoms with Gasteiger partial charge in [0, 0.05) is 0 Å². The Morgan fingerprint density at radius 1 is 0.707 bits per heavy atom. The molecule has 41 heavy (non-hydrogen) atoms. The molecule has 0 aromatic heterocycles. The lowest BCUT2D eigenvalue weighted by atomic mass is 9.84. The Kier molecular flexibility index (Phi) is 58.3. The zero-order valence-corrected chi connectivity index (χ0v) is 31.9. The lowest BCUT2D eigenvalue weighted by Gasteiger charge is -2.21. The van der Waals surface area contributed by atoms with Gasteiger partial charge in [0.05, 0.1) is 0 Å². The zero-order chi connectivity index (χ0) is 33.5. The molecule has 0 aromatic carbocycles. The van der Waals surface area contributed by atoms with Gasteiger partial charge in [-0.3, -0.25) is 0 Å². The maximum Gasteiger partial charge on any atom is -0.0172 e. The van der Waals surface area contributed by atoms with E-state index in [9.17, 15) is 0 Å². The van der Waals surface area contributed by atoms with Crippen molar-refractivity contribution < 1.29 is 0 Å². The van der Waals surface area contributed by atoms with E-state index in [-0.39, 0.29) is 5.41 Å². The van der Waals surface area contributed by atoms with Crippen LogP contribution in [0.4, 0.5) is 0 Å². The Labute approximate surface area is 265 Å². The summed E-state index contributed by atoms with van der Waals surface area (Å²) in [6.45, 7) is 44.2. The SMILES string of the molecule is C=C(C(=C)C(C)CCCCCCC)/C(=C/CCC(C)(C)C=CC)CC.C=CCCCCCC.CC.CC.CC.CC. The summed E-state index contributed by atoms with van der Waals surface area (Å²) < 4.78 is 0. The molecule has 0 fully saturated rings. The molecule has 0 rings (SSSR count). The van der Waals surface area contributed by atoms with Gasteiger partial charge in [0.1, 0.15) is 0 Å². The van der Waals surface area contributed by atoms with Crippen molar-refractivity contribution in [3.05, 3.63) is 60.8 Å². The van der Waals surface area contributed by atoms with Gasteiger partial charge in [0.2, 0.25) is 0 Å². The van der Waals surface area contributed by atoms with Crippen LogP contribution in [0.15, 0.2) is 60.8 Å². The first-order valence-corrected chi connectivity index (χ1v) is 18.0. The fourth-order valence-corrected chi connectivity index (χ4v) is 4.08. The third-order valence-electron chi connectivity index (χ3n) is 6.55. The summed E-state index contributed by atoms with van der Waals surface area (Å²) in [6, 6.07) is 0. The second-order valence-corrected chi connectivity index (χ2v) is 10.4. The predicted octanol–water partition coefficient (Wildman–Crippen LogP) is 16.1. The summed E-state index contributed by atoms with van der Waals surface area (Å²) >= 11 is 0. The van der Waals surface area contributed by atoms with Crippen molar-refractivity contribution in [2.75, 3.05) is 0 Å². The Morgan fingerprint density at radius 3 is 1.59 bits per heavy atom. The van der Waals surface area contributed by atoms with Crippen LogP contribution >= 0.6 is 0 Å². The molecular weight excluding hydrogens is 492 g/mol. The molecular formula is C41H84. The van der Waals surface area contributed by atoms with Crippen molar-refractivity contribution in [2.24, 2.45) is 11.3 Å². The van der Waals surface area contributed by atoms with Crippen LogP contribution in [0.1, 0.15) is 194 Å². The second-order valence-electron chi connectivity index (χ2n) is 10.4. The number of rotatable bonds is 19. The molecule has 0 N–H and O–H groups in total. The van der Waals surface area contributed by atoms with Crippen molar-refractivity contribution in [2.45, 2.75) is 194 Å². The van der Waals surface area contributed by atoms with E-state index in [1.54, 1.807) is 0 Å². The molecule has 0 aliphatic rings. The van der Waals surface area contributed by atoms with Crippen molar-refractivity contribution >= 4 is 0 Å². The zero-order valence-electron chi connectivity index (χ0n) is 31.9. The summed E-state index contributed by atoms with van der Waals surface area (Å²) in [4.78, 5) is 0. The molecule has 0 heteroatoms. The van der Waals surface area contributed by atoms with Crippen LogP contribution in [-0.4, -0.2) is 0 Å². The van der Waals surface area contributed by atoms with Crippen molar-refractivity contribution in [3.8, 4) is 0 Å². The number of allylic oxidation sites excluding steroid dienone is 7. The fraction of sp³-hybridized carbons (Fsp3) is 0.756. The first kappa shape index (κ1) is 52.4. The third-order valence-corrected chi connectivity index (χ3v) is 6.55. The minimum Gasteiger partial charge on any atom is -0.103 e. The molecule has 0 radical (unpaired) electrons. The van der Waals surface area contributed by atoms with Gasteiger partial charge in [-0.1, -0.05) is 186 Å². The molecule has 0 spiro atoms. The monoisotopic (exact) mass is 577 g/mol. The Morgan fingerprint density at radius 2 is 1.17 bits per heavy atom. The molecule has 0 heterocycles. The summed E-state index contributed by atoms with van der Waals surface area (Å²) in [5.41, 5.74) is 4.09. The number of hydrogen-bond donors (Lipinski definition) is 0. The highest BCUT2D eigenvalue weighted by Crippen LogP contribution is 2.30. The van der Waals surface area contributed by atoms with E-state index < -0.39 is 0 Å². The standard InChI is InChI=1S/C25H44.C8H16.4C2H6/c1-9-12-13-14-15-17-21(4)22(5)23(6)24(11-3)18-16-20-25(7,8)19-10-2;1-3-5-7-8-6-4-2;4*1-2/h10,18-19,21H,5-6,9,11-17,20H2,1-4,7-8H3;3H,1,4-8H2,2H3;4*1-2H3/b19-10?,24-18+;;;;;. The van der Waals surface area contributed by atoms with Crippen LogP contribution in [0.2, 0.25) is 0 Å². The lowest BCUT2D eigenvalue weighted by Crippen LogP contribution is -2.07. The summed E-state index contributed by atoms with van der Waals surface area (Å²) in [5, 5.41) is 0. The second kappa shape index (κ2) is 45.7. The predicted molar refractivity (Wildman–Crippen MR) is 201 cm³/mol. The first-order valence-electron chi connectivity index (χ1n) is 18.0. The molecule has 1 atom stereocenters. The van der Waals surface area contributed by atoms with E-state index in [0.717, 1.165) is 12.8 Å². The topological polar surface area (TPSA) is 0 Å². The van der Waals surface area contributed by atoms with Gasteiger partial charge >= 0.3 is 0 Å². The summed E-state index contributed by atoms with van der Waals surface area (Å²) in [5.74, 6) is 0.545. The van der Waals surface area contributed by atoms with E-state index in [4.69, 9.17) is 0 Å². The van der Waals surface area contributed by atoms with Crippen LogP contribution in [0.25, 0.3) is 0 Å². The molecule has 248 valence electrons. The van der Waals surface area contributed by atoms with Gasteiger partial charge in [-0.05, 0) is 73.5 Å². The molecule has 0 aliphatic heterocycles. The Balaban J connectivity index is -0.000000159. The van der Waals surface area contributed by atoms with Gasteiger partial charge in [-0.25, -0.2) is 0 Å². The van der Waals surface area contributed by atoms with Crippen LogP contribution in [0, 0.1) is 11.3 Å². The van der Waals surface area contributed by atoms with Crippen LogP contribution in [0.3, 0.4) is 0 Å². The molecule has 0 saturated carbocycles. The Bertz CT molecular complexity index is 555. The highest BCUT2D eigenvalue weighted by molar-refractivity contribution is 5.44. The minimum atomic E-state index is 0.272. The normalized spacial score (nSPS) is 11.0. The number of hydrogen-bond acceptors (Lipinski definition) is 0. The highest BCUT2D eigenvalue weighted by Gasteiger charge is 2.14. The van der Waals surface area contributed by atoms with Crippen LogP contribution in [-0.2, 0) is 0 Å². The van der Waals surface area contributed by atoms with E-state index in [2.05, 4.69) is 86.4 Å². The largest absolute Gasteiger partial charge is 0.103 e. The van der Waals surface area contributed by atoms with Gasteiger partial charge in [-0.15, -0.1) is 6.58 Å². The Hall–Kier alpha value is -1.30. The smallest absolute Gasteiger partial charge is 0.0172 e. The van der Waals surface area contributed by atoms with E-state index >= 15 is 0 Å².